The van der Waals surface area contributed by atoms with Gasteiger partial charge in [-0.1, -0.05) is 53.7 Å². The molecule has 31 heavy (non-hydrogen) atoms. The van der Waals surface area contributed by atoms with Crippen molar-refractivity contribution in [1.82, 2.24) is 24.1 Å². The van der Waals surface area contributed by atoms with Crippen LogP contribution in [-0.2, 0) is 7.05 Å². The van der Waals surface area contributed by atoms with E-state index in [0.717, 1.165) is 11.4 Å². The van der Waals surface area contributed by atoms with Crippen molar-refractivity contribution < 1.29 is 0 Å². The van der Waals surface area contributed by atoms with Gasteiger partial charge < -0.3 is 0 Å². The number of benzene rings is 2. The van der Waals surface area contributed by atoms with Crippen LogP contribution in [0.1, 0.15) is 12.1 Å². The number of thioether (sulfide) groups is 1. The summed E-state index contributed by atoms with van der Waals surface area (Å²) in [6.07, 6.45) is 0.362. The second kappa shape index (κ2) is 8.84. The van der Waals surface area contributed by atoms with E-state index in [9.17, 15) is 4.79 Å². The van der Waals surface area contributed by atoms with Gasteiger partial charge in [-0.25, -0.2) is 4.68 Å². The molecular weight excluding hydrogens is 432 g/mol. The van der Waals surface area contributed by atoms with Crippen LogP contribution in [0.5, 0.6) is 0 Å². The number of aromatic nitrogens is 5. The highest BCUT2D eigenvalue weighted by Crippen LogP contribution is 2.32. The first-order valence-corrected chi connectivity index (χ1v) is 11.0. The normalized spacial score (nSPS) is 10.9. The zero-order valence-electron chi connectivity index (χ0n) is 17.0. The van der Waals surface area contributed by atoms with E-state index in [0.29, 0.717) is 39.4 Å². The van der Waals surface area contributed by atoms with Crippen molar-refractivity contribution in [3.8, 4) is 28.8 Å². The minimum absolute atomic E-state index is 0.193. The van der Waals surface area contributed by atoms with E-state index < -0.39 is 0 Å². The molecule has 2 heterocycles. The summed E-state index contributed by atoms with van der Waals surface area (Å²) in [6.45, 7) is 1.89. The minimum atomic E-state index is -0.193. The van der Waals surface area contributed by atoms with Gasteiger partial charge in [0.05, 0.1) is 22.5 Å². The van der Waals surface area contributed by atoms with Crippen LogP contribution in [-0.4, -0.2) is 29.9 Å². The lowest BCUT2D eigenvalue weighted by atomic mass is 10.2. The molecule has 0 spiro atoms. The summed E-state index contributed by atoms with van der Waals surface area (Å²) >= 11 is 7.83. The smallest absolute Gasteiger partial charge is 0.283 e. The Hall–Kier alpha value is -3.28. The molecule has 0 radical (unpaired) electrons. The number of hydrogen-bond donors (Lipinski definition) is 0. The molecule has 0 unspecified atom stereocenters. The van der Waals surface area contributed by atoms with E-state index in [1.165, 1.54) is 11.8 Å². The molecule has 0 aliphatic carbocycles. The molecule has 0 amide bonds. The third-order valence-electron chi connectivity index (χ3n) is 4.94. The van der Waals surface area contributed by atoms with Gasteiger partial charge in [0.1, 0.15) is 5.69 Å². The quantitative estimate of drug-likeness (QED) is 0.321. The summed E-state index contributed by atoms with van der Waals surface area (Å²) in [5, 5.41) is 18.7. The predicted molar refractivity (Wildman–Crippen MR) is 122 cm³/mol. The average Bonchev–Trinajstić information content (AvgIpc) is 3.27. The van der Waals surface area contributed by atoms with E-state index in [1.807, 2.05) is 67.2 Å². The molecular formula is C22H19ClN6OS. The Morgan fingerprint density at radius 2 is 1.81 bits per heavy atom. The molecule has 7 nitrogen and oxygen atoms in total. The Morgan fingerprint density at radius 1 is 1.10 bits per heavy atom. The molecule has 0 atom stereocenters. The Labute approximate surface area is 188 Å². The van der Waals surface area contributed by atoms with Crippen molar-refractivity contribution in [3.63, 3.8) is 0 Å². The third-order valence-corrected chi connectivity index (χ3v) is 6.20. The molecule has 0 saturated heterocycles. The molecule has 0 aliphatic heterocycles. The molecule has 4 rings (SSSR count). The highest BCUT2D eigenvalue weighted by Gasteiger charge is 2.25. The van der Waals surface area contributed by atoms with E-state index in [-0.39, 0.29) is 5.56 Å². The summed E-state index contributed by atoms with van der Waals surface area (Å²) in [5.41, 5.74) is 2.45. The van der Waals surface area contributed by atoms with Crippen molar-refractivity contribution in [3.05, 3.63) is 75.7 Å². The molecule has 0 fully saturated rings. The maximum atomic E-state index is 13.6. The Balaban J connectivity index is 1.98. The van der Waals surface area contributed by atoms with Crippen LogP contribution in [0.15, 0.2) is 64.5 Å². The third kappa shape index (κ3) is 3.78. The minimum Gasteiger partial charge on any atom is -0.283 e. The summed E-state index contributed by atoms with van der Waals surface area (Å²) in [6, 6.07) is 18.9. The monoisotopic (exact) mass is 450 g/mol. The standard InChI is InChI=1S/C22H19ClN6OS/c1-15-19(21(30)29(27(15)2)16-9-4-3-5-10-16)28-20(17-11-6-7-12-18(17)23)25-26-22(28)31-14-8-13-24/h3-7,9-12H,8,14H2,1-2H3. The van der Waals surface area contributed by atoms with Gasteiger partial charge in [0, 0.05) is 24.8 Å². The highest BCUT2D eigenvalue weighted by molar-refractivity contribution is 7.99. The maximum absolute atomic E-state index is 13.6. The van der Waals surface area contributed by atoms with E-state index in [1.54, 1.807) is 15.3 Å². The fraction of sp³-hybridized carbons (Fsp3) is 0.182. The molecule has 156 valence electrons. The van der Waals surface area contributed by atoms with Crippen LogP contribution in [0.2, 0.25) is 5.02 Å². The number of nitriles is 1. The summed E-state index contributed by atoms with van der Waals surface area (Å²) in [5.74, 6) is 1.02. The number of rotatable bonds is 6. The number of para-hydroxylation sites is 1. The topological polar surface area (TPSA) is 81.4 Å². The number of nitrogens with zero attached hydrogens (tertiary/aromatic N) is 6. The first-order chi connectivity index (χ1) is 15.0. The van der Waals surface area contributed by atoms with E-state index >= 15 is 0 Å². The Morgan fingerprint density at radius 3 is 2.52 bits per heavy atom. The molecule has 4 aromatic rings. The first kappa shape index (κ1) is 21.0. The molecule has 0 bridgehead atoms. The lowest BCUT2D eigenvalue weighted by Gasteiger charge is -2.09. The molecule has 0 N–H and O–H groups in total. The largest absolute Gasteiger partial charge is 0.296 e. The number of hydrogen-bond acceptors (Lipinski definition) is 5. The van der Waals surface area contributed by atoms with Crippen LogP contribution in [0.4, 0.5) is 0 Å². The lowest BCUT2D eigenvalue weighted by molar-refractivity contribution is 0.630. The van der Waals surface area contributed by atoms with Gasteiger partial charge in [-0.15, -0.1) is 10.2 Å². The zero-order valence-corrected chi connectivity index (χ0v) is 18.6. The second-order valence-electron chi connectivity index (χ2n) is 6.79. The van der Waals surface area contributed by atoms with Crippen LogP contribution in [0, 0.1) is 18.3 Å². The van der Waals surface area contributed by atoms with E-state index in [4.69, 9.17) is 16.9 Å². The summed E-state index contributed by atoms with van der Waals surface area (Å²) in [4.78, 5) is 13.6. The van der Waals surface area contributed by atoms with Crippen LogP contribution < -0.4 is 5.56 Å². The molecule has 0 saturated carbocycles. The lowest BCUT2D eigenvalue weighted by Crippen LogP contribution is -2.21. The second-order valence-corrected chi connectivity index (χ2v) is 8.26. The predicted octanol–water partition coefficient (Wildman–Crippen LogP) is 4.39. The van der Waals surface area contributed by atoms with Gasteiger partial charge in [-0.05, 0) is 31.2 Å². The zero-order chi connectivity index (χ0) is 22.0. The van der Waals surface area contributed by atoms with Crippen molar-refractivity contribution in [2.45, 2.75) is 18.5 Å². The highest BCUT2D eigenvalue weighted by atomic mass is 35.5. The van der Waals surface area contributed by atoms with Gasteiger partial charge in [0.25, 0.3) is 5.56 Å². The average molecular weight is 451 g/mol. The van der Waals surface area contributed by atoms with E-state index in [2.05, 4.69) is 16.3 Å². The fourth-order valence-electron chi connectivity index (χ4n) is 3.38. The van der Waals surface area contributed by atoms with Crippen molar-refractivity contribution in [2.24, 2.45) is 7.05 Å². The molecule has 2 aromatic heterocycles. The van der Waals surface area contributed by atoms with Gasteiger partial charge in [-0.2, -0.15) is 5.26 Å². The Bertz CT molecular complexity index is 1330. The summed E-state index contributed by atoms with van der Waals surface area (Å²) < 4.78 is 5.18. The molecule has 9 heteroatoms. The van der Waals surface area contributed by atoms with Crippen molar-refractivity contribution in [1.29, 1.82) is 5.26 Å². The van der Waals surface area contributed by atoms with Gasteiger partial charge in [0.15, 0.2) is 11.0 Å². The van der Waals surface area contributed by atoms with Gasteiger partial charge in [-0.3, -0.25) is 14.0 Å². The van der Waals surface area contributed by atoms with Crippen molar-refractivity contribution in [2.75, 3.05) is 5.75 Å². The molecule has 2 aromatic carbocycles. The van der Waals surface area contributed by atoms with Crippen LogP contribution in [0.25, 0.3) is 22.8 Å². The number of halogens is 1. The Kier molecular flexibility index (Phi) is 5.98. The van der Waals surface area contributed by atoms with Gasteiger partial charge in [0.2, 0.25) is 0 Å². The first-order valence-electron chi connectivity index (χ1n) is 9.59. The summed E-state index contributed by atoms with van der Waals surface area (Å²) in [7, 11) is 1.84. The molecule has 0 aliphatic rings. The van der Waals surface area contributed by atoms with Crippen LogP contribution in [0.3, 0.4) is 0 Å². The SMILES string of the molecule is Cc1c(-n2c(SCCC#N)nnc2-c2ccccc2Cl)c(=O)n(-c2ccccc2)n1C. The van der Waals surface area contributed by atoms with Crippen LogP contribution >= 0.6 is 23.4 Å². The van der Waals surface area contributed by atoms with Crippen molar-refractivity contribution >= 4 is 23.4 Å². The van der Waals surface area contributed by atoms with Gasteiger partial charge >= 0.3 is 0 Å². The fourth-order valence-corrected chi connectivity index (χ4v) is 4.38. The maximum Gasteiger partial charge on any atom is 0.296 e.